The normalized spacial score (nSPS) is 23.2. The first-order valence-corrected chi connectivity index (χ1v) is 5.88. The average Bonchev–Trinajstić information content (AvgIpc) is 2.25. The number of methoxy groups -OCH3 is 1. The fourth-order valence-corrected chi connectivity index (χ4v) is 2.00. The Morgan fingerprint density at radius 2 is 2.20 bits per heavy atom. The van der Waals surface area contributed by atoms with Crippen LogP contribution in [0, 0.1) is 0 Å². The molecule has 1 aliphatic heterocycles. The lowest BCUT2D eigenvalue weighted by molar-refractivity contribution is 0.00293. The highest BCUT2D eigenvalue weighted by Crippen LogP contribution is 2.16. The minimum Gasteiger partial charge on any atom is -0.382 e. The Morgan fingerprint density at radius 3 is 2.93 bits per heavy atom. The molecule has 1 saturated heterocycles. The number of hydrogen-bond donors (Lipinski definition) is 1. The van der Waals surface area contributed by atoms with E-state index in [0.29, 0.717) is 13.2 Å². The number of ether oxygens (including phenoxy) is 1. The second-order valence-corrected chi connectivity index (χ2v) is 4.15. The lowest BCUT2D eigenvalue weighted by Gasteiger charge is -2.32. The second kappa shape index (κ2) is 8.05. The number of nitrogens with one attached hydrogen (secondary N) is 1. The van der Waals surface area contributed by atoms with Gasteiger partial charge in [0.25, 0.3) is 0 Å². The Bertz CT molecular complexity index is 156. The molecule has 15 heavy (non-hydrogen) atoms. The minimum absolute atomic E-state index is 0.622. The van der Waals surface area contributed by atoms with E-state index in [1.54, 1.807) is 7.11 Å². The number of likely N-dealkylation sites (tertiary alicyclic amines) is 1. The summed E-state index contributed by atoms with van der Waals surface area (Å²) in [4.78, 5) is 7.67. The summed E-state index contributed by atoms with van der Waals surface area (Å²) in [6.45, 7) is 3.45. The van der Waals surface area contributed by atoms with Crippen LogP contribution in [-0.2, 0) is 9.57 Å². The predicted octanol–water partition coefficient (Wildman–Crippen LogP) is 1.03. The van der Waals surface area contributed by atoms with Crippen molar-refractivity contribution in [1.82, 2.24) is 10.4 Å². The van der Waals surface area contributed by atoms with Gasteiger partial charge < -0.3 is 9.64 Å². The van der Waals surface area contributed by atoms with E-state index in [1.165, 1.54) is 32.2 Å². The van der Waals surface area contributed by atoms with Crippen molar-refractivity contribution in [2.24, 2.45) is 0 Å². The molecule has 0 aliphatic carbocycles. The third kappa shape index (κ3) is 5.47. The van der Waals surface area contributed by atoms with Crippen LogP contribution in [0.15, 0.2) is 0 Å². The van der Waals surface area contributed by atoms with Gasteiger partial charge in [-0.1, -0.05) is 6.42 Å². The van der Waals surface area contributed by atoms with Crippen LogP contribution >= 0.6 is 0 Å². The molecule has 1 atom stereocenters. The molecule has 4 heteroatoms. The largest absolute Gasteiger partial charge is 0.382 e. The maximum absolute atomic E-state index is 5.21. The van der Waals surface area contributed by atoms with Crippen molar-refractivity contribution < 1.29 is 9.57 Å². The van der Waals surface area contributed by atoms with Gasteiger partial charge in [-0.15, -0.1) is 0 Å². The standard InChI is InChI=1S/C11H24N2O2/c1-13-8-4-3-5-11(13)6-7-12-15-10-9-14-2/h11-12H,3-10H2,1-2H3. The van der Waals surface area contributed by atoms with Crippen LogP contribution in [0.4, 0.5) is 0 Å². The van der Waals surface area contributed by atoms with Crippen LogP contribution in [0.3, 0.4) is 0 Å². The van der Waals surface area contributed by atoms with Gasteiger partial charge in [-0.05, 0) is 32.9 Å². The first kappa shape index (κ1) is 12.9. The first-order chi connectivity index (χ1) is 7.34. The Kier molecular flexibility index (Phi) is 6.92. The van der Waals surface area contributed by atoms with Gasteiger partial charge in [0.15, 0.2) is 0 Å². The molecule has 0 radical (unpaired) electrons. The Hall–Kier alpha value is -0.160. The molecule has 0 aromatic heterocycles. The molecule has 4 nitrogen and oxygen atoms in total. The summed E-state index contributed by atoms with van der Waals surface area (Å²) in [5, 5.41) is 0. The van der Waals surface area contributed by atoms with Gasteiger partial charge in [0.05, 0.1) is 13.2 Å². The van der Waals surface area contributed by atoms with E-state index in [2.05, 4.69) is 17.4 Å². The highest BCUT2D eigenvalue weighted by molar-refractivity contribution is 4.74. The van der Waals surface area contributed by atoms with E-state index in [0.717, 1.165) is 12.6 Å². The van der Waals surface area contributed by atoms with Gasteiger partial charge in [0.2, 0.25) is 0 Å². The van der Waals surface area contributed by atoms with Crippen molar-refractivity contribution in [3.63, 3.8) is 0 Å². The minimum atomic E-state index is 0.622. The number of nitrogens with zero attached hydrogens (tertiary/aromatic N) is 1. The summed E-state index contributed by atoms with van der Waals surface area (Å²) in [6.07, 6.45) is 5.23. The highest BCUT2D eigenvalue weighted by Gasteiger charge is 2.17. The zero-order chi connectivity index (χ0) is 10.9. The Labute approximate surface area is 92.9 Å². The molecule has 0 amide bonds. The zero-order valence-corrected chi connectivity index (χ0v) is 10.00. The third-order valence-corrected chi connectivity index (χ3v) is 2.99. The lowest BCUT2D eigenvalue weighted by Crippen LogP contribution is -2.38. The molecule has 1 rings (SSSR count). The summed E-state index contributed by atoms with van der Waals surface area (Å²) in [7, 11) is 3.90. The molecule has 1 fully saturated rings. The molecule has 1 N–H and O–H groups in total. The van der Waals surface area contributed by atoms with Gasteiger partial charge in [-0.25, -0.2) is 5.48 Å². The predicted molar refractivity (Wildman–Crippen MR) is 60.7 cm³/mol. The van der Waals surface area contributed by atoms with E-state index in [9.17, 15) is 0 Å². The summed E-state index contributed by atoms with van der Waals surface area (Å²) in [5.74, 6) is 0. The molecule has 1 aliphatic rings. The summed E-state index contributed by atoms with van der Waals surface area (Å²) >= 11 is 0. The molecular weight excluding hydrogens is 192 g/mol. The molecule has 1 heterocycles. The second-order valence-electron chi connectivity index (χ2n) is 4.15. The van der Waals surface area contributed by atoms with Crippen LogP contribution in [0.25, 0.3) is 0 Å². The lowest BCUT2D eigenvalue weighted by atomic mass is 10.0. The van der Waals surface area contributed by atoms with E-state index < -0.39 is 0 Å². The quantitative estimate of drug-likeness (QED) is 0.509. The number of hydroxylamine groups is 1. The third-order valence-electron chi connectivity index (χ3n) is 2.99. The summed E-state index contributed by atoms with van der Waals surface area (Å²) in [6, 6.07) is 0.734. The maximum Gasteiger partial charge on any atom is 0.0915 e. The van der Waals surface area contributed by atoms with E-state index in [1.807, 2.05) is 0 Å². The van der Waals surface area contributed by atoms with Gasteiger partial charge >= 0.3 is 0 Å². The number of piperidine rings is 1. The average molecular weight is 216 g/mol. The summed E-state index contributed by atoms with van der Waals surface area (Å²) < 4.78 is 4.88. The van der Waals surface area contributed by atoms with E-state index >= 15 is 0 Å². The van der Waals surface area contributed by atoms with Crippen LogP contribution in [-0.4, -0.2) is 51.4 Å². The SMILES string of the molecule is COCCONCCC1CCCCN1C. The van der Waals surface area contributed by atoms with Gasteiger partial charge in [0, 0.05) is 19.7 Å². The van der Waals surface area contributed by atoms with E-state index in [4.69, 9.17) is 9.57 Å². The van der Waals surface area contributed by atoms with Gasteiger partial charge in [0.1, 0.15) is 0 Å². The van der Waals surface area contributed by atoms with Gasteiger partial charge in [-0.2, -0.15) is 0 Å². The molecule has 0 spiro atoms. The van der Waals surface area contributed by atoms with Crippen LogP contribution in [0.5, 0.6) is 0 Å². The van der Waals surface area contributed by atoms with Crippen molar-refractivity contribution in [2.75, 3.05) is 40.5 Å². The summed E-state index contributed by atoms with van der Waals surface area (Å²) in [5.41, 5.74) is 2.98. The monoisotopic (exact) mass is 216 g/mol. The van der Waals surface area contributed by atoms with Crippen molar-refractivity contribution >= 4 is 0 Å². The zero-order valence-electron chi connectivity index (χ0n) is 10.00. The molecular formula is C11H24N2O2. The fourth-order valence-electron chi connectivity index (χ4n) is 2.00. The van der Waals surface area contributed by atoms with Crippen LogP contribution < -0.4 is 5.48 Å². The Morgan fingerprint density at radius 1 is 1.33 bits per heavy atom. The first-order valence-electron chi connectivity index (χ1n) is 5.88. The van der Waals surface area contributed by atoms with Crippen molar-refractivity contribution in [3.8, 4) is 0 Å². The molecule has 0 bridgehead atoms. The molecule has 1 unspecified atom stereocenters. The van der Waals surface area contributed by atoms with Crippen molar-refractivity contribution in [3.05, 3.63) is 0 Å². The highest BCUT2D eigenvalue weighted by atomic mass is 16.7. The van der Waals surface area contributed by atoms with Gasteiger partial charge in [-0.3, -0.25) is 4.84 Å². The molecule has 90 valence electrons. The maximum atomic E-state index is 5.21. The van der Waals surface area contributed by atoms with Crippen molar-refractivity contribution in [1.29, 1.82) is 0 Å². The smallest absolute Gasteiger partial charge is 0.0915 e. The topological polar surface area (TPSA) is 33.7 Å². The van der Waals surface area contributed by atoms with Crippen LogP contribution in [0.1, 0.15) is 25.7 Å². The molecule has 0 aromatic rings. The van der Waals surface area contributed by atoms with Crippen LogP contribution in [0.2, 0.25) is 0 Å². The Balaban J connectivity index is 1.94. The fraction of sp³-hybridized carbons (Fsp3) is 1.00. The number of rotatable bonds is 7. The number of hydrogen-bond acceptors (Lipinski definition) is 4. The molecule has 0 saturated carbocycles. The van der Waals surface area contributed by atoms with E-state index in [-0.39, 0.29) is 0 Å². The van der Waals surface area contributed by atoms with Crippen molar-refractivity contribution in [2.45, 2.75) is 31.7 Å². The molecule has 0 aromatic carbocycles.